The molecule has 0 radical (unpaired) electrons. The Kier molecular flexibility index (Phi) is 6.52. The molecule has 1 aromatic rings. The molecular weight excluding hydrogens is 314 g/mol. The van der Waals surface area contributed by atoms with Crippen molar-refractivity contribution in [3.05, 3.63) is 30.1 Å². The number of aromatic nitrogens is 1. The molecule has 23 heavy (non-hydrogen) atoms. The number of hydrogen-bond acceptors (Lipinski definition) is 4. The van der Waals surface area contributed by atoms with Crippen LogP contribution in [-0.2, 0) is 21.5 Å². The number of nitrogens with zero attached hydrogens (tertiary/aromatic N) is 3. The zero-order chi connectivity index (χ0) is 16.9. The lowest BCUT2D eigenvalue weighted by molar-refractivity contribution is 0.166. The van der Waals surface area contributed by atoms with E-state index in [1.54, 1.807) is 23.8 Å². The molecule has 7 heteroatoms. The predicted octanol–water partition coefficient (Wildman–Crippen LogP) is 1.75. The van der Waals surface area contributed by atoms with Crippen LogP contribution in [0.5, 0.6) is 0 Å². The zero-order valence-electron chi connectivity index (χ0n) is 14.2. The highest BCUT2D eigenvalue weighted by molar-refractivity contribution is 7.86. The van der Waals surface area contributed by atoms with Gasteiger partial charge in [0.1, 0.15) is 0 Å². The summed E-state index contributed by atoms with van der Waals surface area (Å²) in [7, 11) is -1.92. The smallest absolute Gasteiger partial charge is 0.282 e. The van der Waals surface area contributed by atoms with Crippen molar-refractivity contribution in [2.45, 2.75) is 26.8 Å². The standard InChI is InChI=1S/C16H27N3O3S/c1-14-9-15(2)12-19(11-14)23(20,21)18(7-8-22-3)13-16-5-4-6-17-10-16/h4-6,10,14-15H,7-9,11-13H2,1-3H3. The van der Waals surface area contributed by atoms with E-state index < -0.39 is 10.2 Å². The first kappa shape index (κ1) is 18.3. The molecule has 1 aliphatic heterocycles. The fourth-order valence-corrected chi connectivity index (χ4v) is 4.95. The van der Waals surface area contributed by atoms with Crippen molar-refractivity contribution >= 4 is 10.2 Å². The average Bonchev–Trinajstić information content (AvgIpc) is 2.51. The number of piperidine rings is 1. The van der Waals surface area contributed by atoms with Gasteiger partial charge in [-0.25, -0.2) is 0 Å². The van der Waals surface area contributed by atoms with Crippen LogP contribution in [0.1, 0.15) is 25.8 Å². The minimum absolute atomic E-state index is 0.318. The van der Waals surface area contributed by atoms with E-state index in [2.05, 4.69) is 18.8 Å². The number of methoxy groups -OCH3 is 1. The lowest BCUT2D eigenvalue weighted by Crippen LogP contribution is -2.50. The Bertz CT molecular complexity index is 569. The first-order chi connectivity index (χ1) is 10.9. The maximum absolute atomic E-state index is 13.1. The maximum atomic E-state index is 13.1. The van der Waals surface area contributed by atoms with Gasteiger partial charge in [-0.15, -0.1) is 0 Å². The summed E-state index contributed by atoms with van der Waals surface area (Å²) < 4.78 is 34.3. The second-order valence-corrected chi connectivity index (χ2v) is 8.39. The number of ether oxygens (including phenoxy) is 1. The monoisotopic (exact) mass is 341 g/mol. The van der Waals surface area contributed by atoms with Gasteiger partial charge < -0.3 is 4.74 Å². The minimum atomic E-state index is -3.50. The fraction of sp³-hybridized carbons (Fsp3) is 0.688. The van der Waals surface area contributed by atoms with Crippen LogP contribution in [0.2, 0.25) is 0 Å². The van der Waals surface area contributed by atoms with E-state index in [1.807, 2.05) is 12.1 Å². The van der Waals surface area contributed by atoms with E-state index in [9.17, 15) is 8.42 Å². The molecule has 1 saturated heterocycles. The second-order valence-electron chi connectivity index (χ2n) is 6.46. The Morgan fingerprint density at radius 1 is 1.35 bits per heavy atom. The summed E-state index contributed by atoms with van der Waals surface area (Å²) in [6, 6.07) is 3.71. The third-order valence-electron chi connectivity index (χ3n) is 4.11. The van der Waals surface area contributed by atoms with Crippen LogP contribution in [0.15, 0.2) is 24.5 Å². The Labute approximate surface area is 139 Å². The van der Waals surface area contributed by atoms with Crippen LogP contribution in [-0.4, -0.2) is 55.4 Å². The van der Waals surface area contributed by atoms with Gasteiger partial charge in [-0.05, 0) is 29.9 Å². The van der Waals surface area contributed by atoms with Gasteiger partial charge in [0, 0.05) is 45.7 Å². The zero-order valence-corrected chi connectivity index (χ0v) is 15.0. The summed E-state index contributed by atoms with van der Waals surface area (Å²) in [5.74, 6) is 0.771. The van der Waals surface area contributed by atoms with Gasteiger partial charge in [0.25, 0.3) is 10.2 Å². The summed E-state index contributed by atoms with van der Waals surface area (Å²) in [4.78, 5) is 4.07. The molecule has 1 aliphatic rings. The molecular formula is C16H27N3O3S. The first-order valence-electron chi connectivity index (χ1n) is 8.06. The van der Waals surface area contributed by atoms with E-state index >= 15 is 0 Å². The van der Waals surface area contributed by atoms with Crippen molar-refractivity contribution in [1.82, 2.24) is 13.6 Å². The van der Waals surface area contributed by atoms with Crippen LogP contribution in [0.3, 0.4) is 0 Å². The van der Waals surface area contributed by atoms with E-state index in [1.165, 1.54) is 4.31 Å². The molecule has 0 bridgehead atoms. The highest BCUT2D eigenvalue weighted by Gasteiger charge is 2.34. The summed E-state index contributed by atoms with van der Waals surface area (Å²) in [5, 5.41) is 0. The lowest BCUT2D eigenvalue weighted by Gasteiger charge is -2.37. The maximum Gasteiger partial charge on any atom is 0.282 e. The number of hydrogen-bond donors (Lipinski definition) is 0. The molecule has 0 saturated carbocycles. The SMILES string of the molecule is COCCN(Cc1cccnc1)S(=O)(=O)N1CC(C)CC(C)C1. The normalized spacial score (nSPS) is 23.3. The third kappa shape index (κ3) is 4.97. The molecule has 0 spiro atoms. The Balaban J connectivity index is 2.18. The largest absolute Gasteiger partial charge is 0.383 e. The third-order valence-corrected chi connectivity index (χ3v) is 6.03. The average molecular weight is 341 g/mol. The van der Waals surface area contributed by atoms with Crippen LogP contribution in [0.25, 0.3) is 0 Å². The number of rotatable bonds is 7. The summed E-state index contributed by atoms with van der Waals surface area (Å²) in [6.45, 7) is 6.42. The van der Waals surface area contributed by atoms with Gasteiger partial charge in [0.2, 0.25) is 0 Å². The molecule has 6 nitrogen and oxygen atoms in total. The van der Waals surface area contributed by atoms with Gasteiger partial charge in [-0.3, -0.25) is 4.98 Å². The number of pyridine rings is 1. The van der Waals surface area contributed by atoms with E-state index in [-0.39, 0.29) is 0 Å². The van der Waals surface area contributed by atoms with Crippen molar-refractivity contribution in [2.75, 3.05) is 33.4 Å². The van der Waals surface area contributed by atoms with Crippen LogP contribution < -0.4 is 0 Å². The Morgan fingerprint density at radius 2 is 2.04 bits per heavy atom. The summed E-state index contributed by atoms with van der Waals surface area (Å²) >= 11 is 0. The van der Waals surface area contributed by atoms with Gasteiger partial charge >= 0.3 is 0 Å². The van der Waals surface area contributed by atoms with Crippen molar-refractivity contribution in [3.63, 3.8) is 0 Å². The highest BCUT2D eigenvalue weighted by Crippen LogP contribution is 2.25. The van der Waals surface area contributed by atoms with Crippen molar-refractivity contribution in [1.29, 1.82) is 0 Å². The summed E-state index contributed by atoms with van der Waals surface area (Å²) in [5.41, 5.74) is 0.880. The Morgan fingerprint density at radius 3 is 2.61 bits per heavy atom. The first-order valence-corrected chi connectivity index (χ1v) is 9.46. The molecule has 0 amide bonds. The molecule has 1 fully saturated rings. The Hall–Kier alpha value is -1.02. The molecule has 2 rings (SSSR count). The molecule has 1 aromatic heterocycles. The predicted molar refractivity (Wildman–Crippen MR) is 90.0 cm³/mol. The van der Waals surface area contributed by atoms with E-state index in [0.717, 1.165) is 12.0 Å². The summed E-state index contributed by atoms with van der Waals surface area (Å²) in [6.07, 6.45) is 4.47. The van der Waals surface area contributed by atoms with Crippen LogP contribution >= 0.6 is 0 Å². The molecule has 130 valence electrons. The fourth-order valence-electron chi connectivity index (χ4n) is 3.12. The van der Waals surface area contributed by atoms with Gasteiger partial charge in [-0.2, -0.15) is 17.0 Å². The van der Waals surface area contributed by atoms with Crippen molar-refractivity contribution < 1.29 is 13.2 Å². The lowest BCUT2D eigenvalue weighted by atomic mass is 9.94. The van der Waals surface area contributed by atoms with Crippen LogP contribution in [0.4, 0.5) is 0 Å². The van der Waals surface area contributed by atoms with Crippen molar-refractivity contribution in [3.8, 4) is 0 Å². The van der Waals surface area contributed by atoms with E-state index in [0.29, 0.717) is 44.6 Å². The van der Waals surface area contributed by atoms with Gasteiger partial charge in [-0.1, -0.05) is 19.9 Å². The molecule has 0 N–H and O–H groups in total. The van der Waals surface area contributed by atoms with E-state index in [4.69, 9.17) is 4.74 Å². The van der Waals surface area contributed by atoms with Gasteiger partial charge in [0.05, 0.1) is 6.61 Å². The second kappa shape index (κ2) is 8.19. The van der Waals surface area contributed by atoms with Crippen LogP contribution in [0, 0.1) is 11.8 Å². The van der Waals surface area contributed by atoms with Crippen molar-refractivity contribution in [2.24, 2.45) is 11.8 Å². The topological polar surface area (TPSA) is 62.7 Å². The molecule has 2 heterocycles. The van der Waals surface area contributed by atoms with Gasteiger partial charge in [0.15, 0.2) is 0 Å². The highest BCUT2D eigenvalue weighted by atomic mass is 32.2. The molecule has 0 aliphatic carbocycles. The molecule has 2 atom stereocenters. The molecule has 2 unspecified atom stereocenters. The minimum Gasteiger partial charge on any atom is -0.383 e. The molecule has 0 aromatic carbocycles. The quantitative estimate of drug-likeness (QED) is 0.758.